The van der Waals surface area contributed by atoms with Crippen LogP contribution in [0.4, 0.5) is 5.69 Å². The van der Waals surface area contributed by atoms with Crippen molar-refractivity contribution < 1.29 is 9.47 Å². The monoisotopic (exact) mass is 330 g/mol. The minimum Gasteiger partial charge on any atom is -0.497 e. The van der Waals surface area contributed by atoms with Crippen molar-refractivity contribution in [2.45, 2.75) is 19.9 Å². The largest absolute Gasteiger partial charge is 0.497 e. The van der Waals surface area contributed by atoms with Crippen molar-refractivity contribution in [3.63, 3.8) is 0 Å². The number of benzene rings is 2. The highest BCUT2D eigenvalue weighted by Gasteiger charge is 2.13. The highest BCUT2D eigenvalue weighted by atomic mass is 32.1. The van der Waals surface area contributed by atoms with Gasteiger partial charge in [-0.1, -0.05) is 23.8 Å². The van der Waals surface area contributed by atoms with Crippen LogP contribution in [-0.4, -0.2) is 19.3 Å². The minimum atomic E-state index is 0.0236. The Bertz CT molecular complexity index is 688. The number of aryl methyl sites for hydroxylation is 1. The molecule has 0 aliphatic carbocycles. The van der Waals surface area contributed by atoms with Crippen molar-refractivity contribution >= 4 is 23.0 Å². The number of anilines is 1. The van der Waals surface area contributed by atoms with Crippen molar-refractivity contribution in [2.24, 2.45) is 0 Å². The lowest BCUT2D eigenvalue weighted by molar-refractivity contribution is 0.405. The fourth-order valence-electron chi connectivity index (χ4n) is 2.33. The Morgan fingerprint density at radius 2 is 1.87 bits per heavy atom. The van der Waals surface area contributed by atoms with E-state index in [1.807, 2.05) is 36.4 Å². The average Bonchev–Trinajstić information content (AvgIpc) is 2.54. The standard InChI is InChI=1S/C18H22N2O2S/c1-12-8-9-17(22-4)16(10-12)13(2)19-18(23)20-14-6-5-7-15(11-14)21-3/h5-11,13H,1-4H3,(H2,19,20,23)/t13-/m0/s1. The first-order chi connectivity index (χ1) is 11.0. The van der Waals surface area contributed by atoms with E-state index < -0.39 is 0 Å². The Morgan fingerprint density at radius 3 is 2.57 bits per heavy atom. The van der Waals surface area contributed by atoms with Gasteiger partial charge in [0.1, 0.15) is 11.5 Å². The van der Waals surface area contributed by atoms with E-state index in [4.69, 9.17) is 21.7 Å². The molecular formula is C18H22N2O2S. The molecule has 0 saturated carbocycles. The summed E-state index contributed by atoms with van der Waals surface area (Å²) in [5.41, 5.74) is 3.13. The summed E-state index contributed by atoms with van der Waals surface area (Å²) in [5, 5.41) is 7.00. The fourth-order valence-corrected chi connectivity index (χ4v) is 2.63. The van der Waals surface area contributed by atoms with Crippen LogP contribution < -0.4 is 20.1 Å². The minimum absolute atomic E-state index is 0.0236. The van der Waals surface area contributed by atoms with Gasteiger partial charge < -0.3 is 20.1 Å². The second kappa shape index (κ2) is 7.83. The summed E-state index contributed by atoms with van der Waals surface area (Å²) in [7, 11) is 3.31. The highest BCUT2D eigenvalue weighted by molar-refractivity contribution is 7.80. The highest BCUT2D eigenvalue weighted by Crippen LogP contribution is 2.26. The van der Waals surface area contributed by atoms with Gasteiger partial charge in [0.05, 0.1) is 20.3 Å². The van der Waals surface area contributed by atoms with Crippen LogP contribution in [0.15, 0.2) is 42.5 Å². The number of thiocarbonyl (C=S) groups is 1. The molecule has 2 rings (SSSR count). The zero-order valence-electron chi connectivity index (χ0n) is 13.8. The topological polar surface area (TPSA) is 42.5 Å². The lowest BCUT2D eigenvalue weighted by Crippen LogP contribution is -2.31. The normalized spacial score (nSPS) is 11.5. The summed E-state index contributed by atoms with van der Waals surface area (Å²) in [6.45, 7) is 4.11. The molecule has 2 N–H and O–H groups in total. The number of ether oxygens (including phenoxy) is 2. The van der Waals surface area contributed by atoms with Crippen LogP contribution in [0.3, 0.4) is 0 Å². The molecule has 5 heteroatoms. The summed E-state index contributed by atoms with van der Waals surface area (Å²) in [6.07, 6.45) is 0. The molecular weight excluding hydrogens is 308 g/mol. The molecule has 2 aromatic carbocycles. The van der Waals surface area contributed by atoms with E-state index in [-0.39, 0.29) is 6.04 Å². The van der Waals surface area contributed by atoms with Gasteiger partial charge in [-0.2, -0.15) is 0 Å². The van der Waals surface area contributed by atoms with Gasteiger partial charge in [0, 0.05) is 17.3 Å². The Balaban J connectivity index is 2.06. The molecule has 0 fully saturated rings. The summed E-state index contributed by atoms with van der Waals surface area (Å²) in [4.78, 5) is 0. The zero-order chi connectivity index (χ0) is 16.8. The van der Waals surface area contributed by atoms with E-state index in [9.17, 15) is 0 Å². The van der Waals surface area contributed by atoms with Crippen molar-refractivity contribution in [1.82, 2.24) is 5.32 Å². The lowest BCUT2D eigenvalue weighted by atomic mass is 10.0. The van der Waals surface area contributed by atoms with Gasteiger partial charge in [-0.25, -0.2) is 0 Å². The quantitative estimate of drug-likeness (QED) is 0.809. The first-order valence-electron chi connectivity index (χ1n) is 7.39. The lowest BCUT2D eigenvalue weighted by Gasteiger charge is -2.20. The maximum absolute atomic E-state index is 5.43. The van der Waals surface area contributed by atoms with E-state index in [1.54, 1.807) is 14.2 Å². The third-order valence-electron chi connectivity index (χ3n) is 3.53. The van der Waals surface area contributed by atoms with Gasteiger partial charge in [0.2, 0.25) is 0 Å². The molecule has 0 aliphatic rings. The van der Waals surface area contributed by atoms with E-state index in [0.717, 1.165) is 22.7 Å². The molecule has 122 valence electrons. The number of nitrogens with one attached hydrogen (secondary N) is 2. The van der Waals surface area contributed by atoms with Crippen LogP contribution in [0, 0.1) is 6.92 Å². The van der Waals surface area contributed by atoms with Crippen molar-refractivity contribution in [3.05, 3.63) is 53.6 Å². The molecule has 0 unspecified atom stereocenters. The van der Waals surface area contributed by atoms with Crippen molar-refractivity contribution in [1.29, 1.82) is 0 Å². The Morgan fingerprint density at radius 1 is 1.09 bits per heavy atom. The van der Waals surface area contributed by atoms with Crippen molar-refractivity contribution in [3.8, 4) is 11.5 Å². The summed E-state index contributed by atoms with van der Waals surface area (Å²) in [5.74, 6) is 1.63. The predicted molar refractivity (Wildman–Crippen MR) is 98.5 cm³/mol. The smallest absolute Gasteiger partial charge is 0.171 e. The second-order valence-electron chi connectivity index (χ2n) is 5.30. The molecule has 0 amide bonds. The Kier molecular flexibility index (Phi) is 5.82. The van der Waals surface area contributed by atoms with Crippen LogP contribution in [0.1, 0.15) is 24.1 Å². The van der Waals surface area contributed by atoms with Crippen LogP contribution in [0.25, 0.3) is 0 Å². The third-order valence-corrected chi connectivity index (χ3v) is 3.75. The maximum atomic E-state index is 5.43. The van der Waals surface area contributed by atoms with E-state index in [0.29, 0.717) is 5.11 Å². The molecule has 0 radical (unpaired) electrons. The number of hydrogen-bond acceptors (Lipinski definition) is 3. The molecule has 23 heavy (non-hydrogen) atoms. The third kappa shape index (κ3) is 4.60. The van der Waals surface area contributed by atoms with E-state index >= 15 is 0 Å². The number of rotatable bonds is 5. The Hall–Kier alpha value is -2.27. The predicted octanol–water partition coefficient (Wildman–Crippen LogP) is 4.06. The SMILES string of the molecule is COc1cccc(NC(=S)N[C@@H](C)c2cc(C)ccc2OC)c1. The molecule has 0 heterocycles. The van der Waals surface area contributed by atoms with Gasteiger partial charge in [-0.15, -0.1) is 0 Å². The van der Waals surface area contributed by atoms with Crippen LogP contribution in [0.2, 0.25) is 0 Å². The van der Waals surface area contributed by atoms with Gasteiger partial charge in [0.15, 0.2) is 5.11 Å². The van der Waals surface area contributed by atoms with Gasteiger partial charge in [0.25, 0.3) is 0 Å². The van der Waals surface area contributed by atoms with Crippen LogP contribution in [0.5, 0.6) is 11.5 Å². The van der Waals surface area contributed by atoms with E-state index in [2.05, 4.69) is 30.5 Å². The van der Waals surface area contributed by atoms with Crippen molar-refractivity contribution in [2.75, 3.05) is 19.5 Å². The zero-order valence-corrected chi connectivity index (χ0v) is 14.7. The van der Waals surface area contributed by atoms with Gasteiger partial charge in [-0.3, -0.25) is 0 Å². The average molecular weight is 330 g/mol. The van der Waals surface area contributed by atoms with Crippen LogP contribution in [-0.2, 0) is 0 Å². The van der Waals surface area contributed by atoms with E-state index in [1.165, 1.54) is 5.56 Å². The number of methoxy groups -OCH3 is 2. The molecule has 0 aromatic heterocycles. The summed E-state index contributed by atoms with van der Waals surface area (Å²) >= 11 is 5.40. The first-order valence-corrected chi connectivity index (χ1v) is 7.80. The van der Waals surface area contributed by atoms with Gasteiger partial charge >= 0.3 is 0 Å². The summed E-state index contributed by atoms with van der Waals surface area (Å²) < 4.78 is 10.6. The summed E-state index contributed by atoms with van der Waals surface area (Å²) in [6, 6.07) is 13.8. The molecule has 0 aliphatic heterocycles. The maximum Gasteiger partial charge on any atom is 0.171 e. The molecule has 0 saturated heterocycles. The Labute approximate surface area is 142 Å². The number of hydrogen-bond donors (Lipinski definition) is 2. The van der Waals surface area contributed by atoms with Gasteiger partial charge in [-0.05, 0) is 44.3 Å². The fraction of sp³-hybridized carbons (Fsp3) is 0.278. The molecule has 4 nitrogen and oxygen atoms in total. The second-order valence-corrected chi connectivity index (χ2v) is 5.71. The first kappa shape index (κ1) is 17.1. The van der Waals surface area contributed by atoms with Crippen LogP contribution >= 0.6 is 12.2 Å². The molecule has 1 atom stereocenters. The molecule has 0 bridgehead atoms. The molecule has 2 aromatic rings. The molecule has 0 spiro atoms.